The van der Waals surface area contributed by atoms with Crippen LogP contribution in [-0.2, 0) is 24.3 Å². The molecule has 0 spiro atoms. The van der Waals surface area contributed by atoms with Crippen LogP contribution in [0.2, 0.25) is 0 Å². The van der Waals surface area contributed by atoms with Gasteiger partial charge in [-0.05, 0) is 73.5 Å². The first-order valence-electron chi connectivity index (χ1n) is 10.7. The van der Waals surface area contributed by atoms with Gasteiger partial charge < -0.3 is 14.6 Å². The van der Waals surface area contributed by atoms with Crippen molar-refractivity contribution in [3.63, 3.8) is 0 Å². The maximum Gasteiger partial charge on any atom is 0.338 e. The Bertz CT molecular complexity index is 1160. The van der Waals surface area contributed by atoms with Gasteiger partial charge in [-0.25, -0.2) is 18.0 Å². The summed E-state index contributed by atoms with van der Waals surface area (Å²) in [6.07, 6.45) is -0.900. The SMILES string of the molecule is CCOC(=O)[C@@H]1[C@@H](O)C(I)=C(CCCOC(=O)c2ccccc2)N1S(=O)(=O)c1ccc(C)cc1. The van der Waals surface area contributed by atoms with E-state index in [9.17, 15) is 23.1 Å². The molecular formula is C24H26INO7S. The monoisotopic (exact) mass is 599 g/mol. The minimum atomic E-state index is -4.18. The van der Waals surface area contributed by atoms with Gasteiger partial charge in [-0.15, -0.1) is 0 Å². The predicted molar refractivity (Wildman–Crippen MR) is 134 cm³/mol. The molecule has 0 bridgehead atoms. The number of halogens is 1. The molecule has 0 radical (unpaired) electrons. The van der Waals surface area contributed by atoms with Crippen molar-refractivity contribution >= 4 is 44.6 Å². The van der Waals surface area contributed by atoms with Crippen LogP contribution in [0.5, 0.6) is 0 Å². The highest BCUT2D eigenvalue weighted by Crippen LogP contribution is 2.40. The molecule has 0 aromatic heterocycles. The van der Waals surface area contributed by atoms with E-state index in [0.717, 1.165) is 9.87 Å². The largest absolute Gasteiger partial charge is 0.464 e. The normalized spacial score (nSPS) is 18.2. The quantitative estimate of drug-likeness (QED) is 0.267. The highest BCUT2D eigenvalue weighted by molar-refractivity contribution is 14.1. The van der Waals surface area contributed by atoms with E-state index in [1.165, 1.54) is 12.1 Å². The lowest BCUT2D eigenvalue weighted by Gasteiger charge is -2.28. The molecular weight excluding hydrogens is 573 g/mol. The zero-order chi connectivity index (χ0) is 24.9. The highest BCUT2D eigenvalue weighted by Gasteiger charge is 2.49. The number of esters is 2. The van der Waals surface area contributed by atoms with Crippen molar-refractivity contribution < 1.29 is 32.6 Å². The summed E-state index contributed by atoms with van der Waals surface area (Å²) in [5, 5.41) is 10.8. The van der Waals surface area contributed by atoms with Gasteiger partial charge in [-0.1, -0.05) is 35.9 Å². The third-order valence-electron chi connectivity index (χ3n) is 5.26. The number of benzene rings is 2. The van der Waals surface area contributed by atoms with Gasteiger partial charge in [-0.3, -0.25) is 4.31 Å². The Morgan fingerprint density at radius 1 is 1.06 bits per heavy atom. The second kappa shape index (κ2) is 11.3. The number of aliphatic hydroxyl groups is 1. The van der Waals surface area contributed by atoms with E-state index in [2.05, 4.69) is 0 Å². The number of aryl methyl sites for hydroxylation is 1. The zero-order valence-electron chi connectivity index (χ0n) is 18.8. The fourth-order valence-corrected chi connectivity index (χ4v) is 6.29. The molecule has 1 aliphatic rings. The molecule has 0 fully saturated rings. The van der Waals surface area contributed by atoms with Gasteiger partial charge in [0.2, 0.25) is 0 Å². The van der Waals surface area contributed by atoms with E-state index in [1.807, 2.05) is 29.5 Å². The standard InChI is InChI=1S/C24H26INO7S/c1-3-32-24(29)21-22(27)20(25)19(10-7-15-33-23(28)17-8-5-4-6-9-17)26(21)34(30,31)18-13-11-16(2)12-14-18/h4-6,8-9,11-14,21-22,27H,3,7,10,15H2,1-2H3/t21-,22-/m0/s1. The molecule has 34 heavy (non-hydrogen) atoms. The van der Waals surface area contributed by atoms with E-state index in [0.29, 0.717) is 15.6 Å². The van der Waals surface area contributed by atoms with Crippen LogP contribution in [0.25, 0.3) is 0 Å². The summed E-state index contributed by atoms with van der Waals surface area (Å²) < 4.78 is 38.8. The number of nitrogens with zero attached hydrogens (tertiary/aromatic N) is 1. The van der Waals surface area contributed by atoms with Gasteiger partial charge in [-0.2, -0.15) is 0 Å². The van der Waals surface area contributed by atoms with Crippen LogP contribution < -0.4 is 0 Å². The molecule has 1 aliphatic heterocycles. The smallest absolute Gasteiger partial charge is 0.338 e. The van der Waals surface area contributed by atoms with Gasteiger partial charge >= 0.3 is 11.9 Å². The van der Waals surface area contributed by atoms with Crippen molar-refractivity contribution in [1.82, 2.24) is 4.31 Å². The lowest BCUT2D eigenvalue weighted by molar-refractivity contribution is -0.149. The van der Waals surface area contributed by atoms with E-state index in [-0.39, 0.29) is 30.2 Å². The summed E-state index contributed by atoms with van der Waals surface area (Å²) in [5.74, 6) is -1.31. The molecule has 0 aliphatic carbocycles. The van der Waals surface area contributed by atoms with Crippen LogP contribution in [0, 0.1) is 6.92 Å². The summed E-state index contributed by atoms with van der Waals surface area (Å²) in [5.41, 5.74) is 1.58. The molecule has 2 aromatic rings. The average molecular weight is 599 g/mol. The second-order valence-corrected chi connectivity index (χ2v) is 10.6. The van der Waals surface area contributed by atoms with Gasteiger partial charge in [0.15, 0.2) is 6.04 Å². The van der Waals surface area contributed by atoms with Crippen LogP contribution in [0.1, 0.15) is 35.7 Å². The number of sulfonamides is 1. The van der Waals surface area contributed by atoms with E-state index >= 15 is 0 Å². The van der Waals surface area contributed by atoms with Crippen LogP contribution in [-0.4, -0.2) is 55.1 Å². The molecule has 0 unspecified atom stereocenters. The maximum absolute atomic E-state index is 13.6. The molecule has 182 valence electrons. The first-order chi connectivity index (χ1) is 16.2. The average Bonchev–Trinajstić information content (AvgIpc) is 3.08. The molecule has 1 heterocycles. The lowest BCUT2D eigenvalue weighted by Crippen LogP contribution is -2.47. The summed E-state index contributed by atoms with van der Waals surface area (Å²) in [6, 6.07) is 13.3. The summed E-state index contributed by atoms with van der Waals surface area (Å²) in [6.45, 7) is 3.53. The molecule has 1 N–H and O–H groups in total. The number of carbonyl (C=O) groups excluding carboxylic acids is 2. The van der Waals surface area contributed by atoms with Crippen molar-refractivity contribution in [2.75, 3.05) is 13.2 Å². The van der Waals surface area contributed by atoms with Crippen molar-refractivity contribution in [1.29, 1.82) is 0 Å². The van der Waals surface area contributed by atoms with Gasteiger partial charge in [0.05, 0.1) is 23.7 Å². The van der Waals surface area contributed by atoms with Crippen LogP contribution in [0.4, 0.5) is 0 Å². The Kier molecular flexibility index (Phi) is 8.72. The zero-order valence-corrected chi connectivity index (χ0v) is 21.8. The number of hydrogen-bond acceptors (Lipinski definition) is 7. The Morgan fingerprint density at radius 2 is 1.71 bits per heavy atom. The fourth-order valence-electron chi connectivity index (χ4n) is 3.57. The highest BCUT2D eigenvalue weighted by atomic mass is 127. The van der Waals surface area contributed by atoms with Crippen LogP contribution in [0.3, 0.4) is 0 Å². The van der Waals surface area contributed by atoms with Gasteiger partial charge in [0.1, 0.15) is 6.10 Å². The van der Waals surface area contributed by atoms with Crippen LogP contribution in [0.15, 0.2) is 68.8 Å². The topological polar surface area (TPSA) is 110 Å². The molecule has 3 rings (SSSR count). The fraction of sp³-hybridized carbons (Fsp3) is 0.333. The third-order valence-corrected chi connectivity index (χ3v) is 8.35. The predicted octanol–water partition coefficient (Wildman–Crippen LogP) is 3.58. The van der Waals surface area contributed by atoms with E-state index < -0.39 is 34.1 Å². The number of rotatable bonds is 9. The Labute approximate surface area is 212 Å². The van der Waals surface area contributed by atoms with Gasteiger partial charge in [0, 0.05) is 9.28 Å². The number of hydrogen-bond donors (Lipinski definition) is 1. The Hall–Kier alpha value is -2.44. The lowest BCUT2D eigenvalue weighted by atomic mass is 10.2. The molecule has 0 saturated carbocycles. The maximum atomic E-state index is 13.6. The number of aliphatic hydroxyl groups excluding tert-OH is 1. The Morgan fingerprint density at radius 3 is 2.32 bits per heavy atom. The van der Waals surface area contributed by atoms with Crippen molar-refractivity contribution in [2.45, 2.75) is 43.7 Å². The van der Waals surface area contributed by atoms with Crippen molar-refractivity contribution in [3.05, 3.63) is 75.0 Å². The molecule has 2 aromatic carbocycles. The number of allylic oxidation sites excluding steroid dienone is 1. The second-order valence-electron chi connectivity index (χ2n) is 7.66. The molecule has 8 nitrogen and oxygen atoms in total. The Balaban J connectivity index is 1.83. The minimum Gasteiger partial charge on any atom is -0.464 e. The summed E-state index contributed by atoms with van der Waals surface area (Å²) >= 11 is 1.86. The summed E-state index contributed by atoms with van der Waals surface area (Å²) in [7, 11) is -4.18. The molecule has 10 heteroatoms. The van der Waals surface area contributed by atoms with Crippen molar-refractivity contribution in [3.8, 4) is 0 Å². The first kappa shape index (κ1) is 26.2. The molecule has 0 amide bonds. The summed E-state index contributed by atoms with van der Waals surface area (Å²) in [4.78, 5) is 24.8. The first-order valence-corrected chi connectivity index (χ1v) is 13.3. The third kappa shape index (κ3) is 5.61. The number of carbonyl (C=O) groups is 2. The van der Waals surface area contributed by atoms with Crippen LogP contribution >= 0.6 is 22.6 Å². The van der Waals surface area contributed by atoms with E-state index in [1.54, 1.807) is 49.4 Å². The van der Waals surface area contributed by atoms with E-state index in [4.69, 9.17) is 9.47 Å². The molecule has 0 saturated heterocycles. The minimum absolute atomic E-state index is 0.00120. The van der Waals surface area contributed by atoms with Gasteiger partial charge in [0.25, 0.3) is 10.0 Å². The number of ether oxygens (including phenoxy) is 2. The molecule has 2 atom stereocenters. The van der Waals surface area contributed by atoms with Crippen molar-refractivity contribution in [2.24, 2.45) is 0 Å².